The van der Waals surface area contributed by atoms with Crippen molar-refractivity contribution in [3.05, 3.63) is 38.8 Å². The lowest BCUT2D eigenvalue weighted by atomic mass is 9.89. The summed E-state index contributed by atoms with van der Waals surface area (Å²) in [6.45, 7) is 1.82. The number of nitrogen functional groups attached to an aromatic ring is 1. The van der Waals surface area contributed by atoms with E-state index in [0.717, 1.165) is 10.6 Å². The number of hydrogen-bond donors (Lipinski definition) is 2. The average Bonchev–Trinajstić information content (AvgIpc) is 3.14. The lowest BCUT2D eigenvalue weighted by Crippen LogP contribution is -2.45. The highest BCUT2D eigenvalue weighted by atomic mass is 19.1. The number of benzene rings is 1. The fourth-order valence-corrected chi connectivity index (χ4v) is 3.70. The summed E-state index contributed by atoms with van der Waals surface area (Å²) in [6.07, 6.45) is 0.753. The average molecular weight is 392 g/mol. The van der Waals surface area contributed by atoms with Crippen LogP contribution in [0.5, 0.6) is 0 Å². The van der Waals surface area contributed by atoms with Crippen molar-refractivity contribution in [2.24, 2.45) is 11.1 Å². The number of halogens is 2. The van der Waals surface area contributed by atoms with Crippen LogP contribution in [0.25, 0.3) is 10.9 Å². The molecule has 4 N–H and O–H groups in total. The number of fused-ring (bicyclic) bond motifs is 1. The molecule has 0 radical (unpaired) electrons. The maximum Gasteiger partial charge on any atom is 0.351 e. The number of hydrogen-bond acceptors (Lipinski definition) is 6. The molecular formula is C18H22F2N6O2. The van der Waals surface area contributed by atoms with Gasteiger partial charge in [-0.3, -0.25) is 13.8 Å². The second-order valence-electron chi connectivity index (χ2n) is 7.21. The molecule has 28 heavy (non-hydrogen) atoms. The molecule has 0 bridgehead atoms. The zero-order chi connectivity index (χ0) is 20.6. The summed E-state index contributed by atoms with van der Waals surface area (Å²) in [7, 11) is 0. The summed E-state index contributed by atoms with van der Waals surface area (Å²) in [5.74, 6) is 4.86. The first kappa shape index (κ1) is 19.8. The third-order valence-corrected chi connectivity index (χ3v) is 5.53. The Bertz CT molecular complexity index is 1070. The van der Waals surface area contributed by atoms with Crippen molar-refractivity contribution in [2.75, 3.05) is 37.1 Å². The van der Waals surface area contributed by atoms with E-state index in [0.29, 0.717) is 17.6 Å². The minimum Gasteiger partial charge on any atom is -0.368 e. The Hall–Kier alpha value is -2.93. The van der Waals surface area contributed by atoms with Crippen LogP contribution >= 0.6 is 0 Å². The van der Waals surface area contributed by atoms with Crippen molar-refractivity contribution < 1.29 is 8.78 Å². The Labute approximate surface area is 159 Å². The molecule has 10 heteroatoms. The first-order valence-corrected chi connectivity index (χ1v) is 8.99. The Morgan fingerprint density at radius 1 is 1.39 bits per heavy atom. The predicted molar refractivity (Wildman–Crippen MR) is 102 cm³/mol. The molecule has 3 rings (SSSR count). The third kappa shape index (κ3) is 2.92. The van der Waals surface area contributed by atoms with Crippen molar-refractivity contribution in [2.45, 2.75) is 25.8 Å². The van der Waals surface area contributed by atoms with E-state index in [1.165, 1.54) is 6.07 Å². The van der Waals surface area contributed by atoms with E-state index in [-0.39, 0.29) is 36.1 Å². The molecule has 2 atom stereocenters. The minimum atomic E-state index is -0.878. The van der Waals surface area contributed by atoms with Gasteiger partial charge in [0.2, 0.25) is 0 Å². The quantitative estimate of drug-likeness (QED) is 0.719. The van der Waals surface area contributed by atoms with Crippen molar-refractivity contribution >= 4 is 16.6 Å². The van der Waals surface area contributed by atoms with Gasteiger partial charge in [-0.15, -0.1) is 0 Å². The minimum absolute atomic E-state index is 0.105. The summed E-state index contributed by atoms with van der Waals surface area (Å²) >= 11 is 0. The van der Waals surface area contributed by atoms with Gasteiger partial charge < -0.3 is 16.5 Å². The van der Waals surface area contributed by atoms with Crippen molar-refractivity contribution in [3.8, 4) is 6.07 Å². The molecule has 1 aromatic heterocycles. The first-order chi connectivity index (χ1) is 13.3. The molecular weight excluding hydrogens is 370 g/mol. The van der Waals surface area contributed by atoms with Gasteiger partial charge in [0.05, 0.1) is 29.3 Å². The molecule has 2 aromatic rings. The highest BCUT2D eigenvalue weighted by Crippen LogP contribution is 2.35. The van der Waals surface area contributed by atoms with Crippen molar-refractivity contribution in [3.63, 3.8) is 0 Å². The monoisotopic (exact) mass is 392 g/mol. The molecule has 8 nitrogen and oxygen atoms in total. The molecule has 1 saturated heterocycles. The van der Waals surface area contributed by atoms with Gasteiger partial charge in [0.1, 0.15) is 11.9 Å². The molecule has 2 unspecified atom stereocenters. The molecule has 1 aliphatic heterocycles. The molecule has 2 heterocycles. The van der Waals surface area contributed by atoms with E-state index >= 15 is 0 Å². The molecule has 0 spiro atoms. The molecule has 1 aromatic carbocycles. The summed E-state index contributed by atoms with van der Waals surface area (Å²) in [5, 5.41) is 9.31. The van der Waals surface area contributed by atoms with Gasteiger partial charge >= 0.3 is 5.69 Å². The van der Waals surface area contributed by atoms with Gasteiger partial charge in [-0.05, 0) is 25.0 Å². The Kier molecular flexibility index (Phi) is 5.12. The van der Waals surface area contributed by atoms with Crippen LogP contribution in [0.4, 0.5) is 14.5 Å². The summed E-state index contributed by atoms with van der Waals surface area (Å²) in [6, 6.07) is 3.49. The van der Waals surface area contributed by atoms with Crippen LogP contribution in [-0.2, 0) is 0 Å². The van der Waals surface area contributed by atoms with Crippen LogP contribution < -0.4 is 27.7 Å². The highest BCUT2D eigenvalue weighted by Gasteiger charge is 2.38. The van der Waals surface area contributed by atoms with Crippen molar-refractivity contribution in [1.82, 2.24) is 9.24 Å². The van der Waals surface area contributed by atoms with Gasteiger partial charge in [0.15, 0.2) is 0 Å². The van der Waals surface area contributed by atoms with Crippen LogP contribution in [0.2, 0.25) is 0 Å². The Morgan fingerprint density at radius 2 is 2.11 bits per heavy atom. The van der Waals surface area contributed by atoms with E-state index in [1.807, 2.05) is 6.07 Å². The highest BCUT2D eigenvalue weighted by molar-refractivity contribution is 5.83. The normalized spacial score (nSPS) is 20.5. The van der Waals surface area contributed by atoms with Gasteiger partial charge in [-0.1, -0.05) is 6.92 Å². The molecule has 150 valence electrons. The number of nitriles is 1. The van der Waals surface area contributed by atoms with E-state index < -0.39 is 35.2 Å². The molecule has 0 aliphatic carbocycles. The number of anilines is 1. The summed E-state index contributed by atoms with van der Waals surface area (Å²) in [5.41, 5.74) is 3.50. The first-order valence-electron chi connectivity index (χ1n) is 8.99. The van der Waals surface area contributed by atoms with Crippen LogP contribution in [0.1, 0.15) is 25.8 Å². The Morgan fingerprint density at radius 3 is 2.64 bits per heavy atom. The lowest BCUT2D eigenvalue weighted by molar-refractivity contribution is 0.242. The largest absolute Gasteiger partial charge is 0.368 e. The van der Waals surface area contributed by atoms with Crippen LogP contribution in [0.15, 0.2) is 21.7 Å². The van der Waals surface area contributed by atoms with E-state index in [4.69, 9.17) is 11.6 Å². The number of alkyl halides is 1. The standard InChI is InChI=1S/C18H22F2N6O2/c1-2-11(7-21)25-14-6-15(24-4-3-18(8-19,9-22)10-24)13(20)5-12(14)16(27)26(23)17(25)28/h5-6,11H,2-4,8-10,22-23H2,1H3. The zero-order valence-corrected chi connectivity index (χ0v) is 15.5. The SMILES string of the molecule is CCC(C#N)n1c(=O)n(N)c(=O)c2cc(F)c(N3CCC(CN)(CF)C3)cc21. The van der Waals surface area contributed by atoms with Gasteiger partial charge in [-0.25, -0.2) is 9.18 Å². The van der Waals surface area contributed by atoms with Gasteiger partial charge in [-0.2, -0.15) is 9.94 Å². The van der Waals surface area contributed by atoms with Crippen LogP contribution in [0, 0.1) is 22.6 Å². The van der Waals surface area contributed by atoms with Crippen LogP contribution in [-0.4, -0.2) is 35.6 Å². The molecule has 1 fully saturated rings. The lowest BCUT2D eigenvalue weighted by Gasteiger charge is -2.26. The van der Waals surface area contributed by atoms with Gasteiger partial charge in [0.25, 0.3) is 5.56 Å². The zero-order valence-electron chi connectivity index (χ0n) is 15.5. The van der Waals surface area contributed by atoms with E-state index in [2.05, 4.69) is 0 Å². The van der Waals surface area contributed by atoms with Gasteiger partial charge in [0, 0.05) is 25.0 Å². The number of aromatic nitrogens is 2. The second-order valence-corrected chi connectivity index (χ2v) is 7.21. The fraction of sp³-hybridized carbons (Fsp3) is 0.500. The Balaban J connectivity index is 2.26. The maximum absolute atomic E-state index is 14.8. The predicted octanol–water partition coefficient (Wildman–Crippen LogP) is 0.615. The molecule has 1 aliphatic rings. The second kappa shape index (κ2) is 7.24. The third-order valence-electron chi connectivity index (χ3n) is 5.53. The number of nitrogens with two attached hydrogens (primary N) is 2. The summed E-state index contributed by atoms with van der Waals surface area (Å²) < 4.78 is 29.8. The smallest absolute Gasteiger partial charge is 0.351 e. The maximum atomic E-state index is 14.8. The van der Waals surface area contributed by atoms with Crippen molar-refractivity contribution in [1.29, 1.82) is 5.26 Å². The molecule has 0 amide bonds. The van der Waals surface area contributed by atoms with Crippen LogP contribution in [0.3, 0.4) is 0 Å². The van der Waals surface area contributed by atoms with E-state index in [9.17, 15) is 23.6 Å². The number of rotatable bonds is 5. The molecule has 0 saturated carbocycles. The summed E-state index contributed by atoms with van der Waals surface area (Å²) in [4.78, 5) is 26.6. The van der Waals surface area contributed by atoms with E-state index in [1.54, 1.807) is 11.8 Å². The fourth-order valence-electron chi connectivity index (χ4n) is 3.70. The topological polar surface area (TPSA) is 123 Å². The number of nitrogens with zero attached hydrogens (tertiary/aromatic N) is 4.